The molecule has 0 rings (SSSR count). The Morgan fingerprint density at radius 1 is 0.600 bits per heavy atom. The fraction of sp³-hybridized carbons (Fsp3) is 0. The van der Waals surface area contributed by atoms with E-state index in [1.807, 2.05) is 0 Å². The zero-order chi connectivity index (χ0) is 0. The van der Waals surface area contributed by atoms with Crippen molar-refractivity contribution in [3.05, 3.63) is 0 Å². The Bertz CT molecular complexity index is 3.61. The Morgan fingerprint density at radius 3 is 0.600 bits per heavy atom. The number of hydrogen-bond donors (Lipinski definition) is 0. The normalized spacial score (nSPS) is 0. The molecule has 36 valence electrons. The largest absolute Gasteiger partial charge is 4.00 e. The topological polar surface area (TPSA) is 120 Å². The minimum absolute atomic E-state index is 0. The molecule has 0 aliphatic carbocycles. The van der Waals surface area contributed by atoms with Gasteiger partial charge in [-0.25, -0.2) is 0 Å². The first-order valence-corrected chi connectivity index (χ1v) is 0. The molecule has 4 N–H and O–H groups in total. The molecule has 4 nitrogen and oxygen atoms in total. The molecule has 0 atom stereocenters. The molecule has 0 spiro atoms. The summed E-state index contributed by atoms with van der Waals surface area (Å²) in [5.41, 5.74) is 0. The average Bonchev–Trinajstić information content (AvgIpc) is 0. The van der Waals surface area contributed by atoms with E-state index in [1.165, 1.54) is 0 Å². The van der Waals surface area contributed by atoms with Crippen molar-refractivity contribution in [1.82, 2.24) is 0 Å². The monoisotopic (exact) mass is 170 g/mol. The summed E-state index contributed by atoms with van der Waals surface area (Å²) in [6, 6.07) is 0. The number of rotatable bonds is 0. The van der Waals surface area contributed by atoms with Gasteiger partial charge in [-0.15, -0.1) is 0 Å². The Hall–Kier alpha value is 0.463. The summed E-state index contributed by atoms with van der Waals surface area (Å²) in [7, 11) is 0. The molecule has 0 saturated heterocycles. The minimum Gasteiger partial charge on any atom is -2.00 e. The van der Waals surface area contributed by atoms with Crippen LogP contribution in [0.4, 0.5) is 0 Å². The van der Waals surface area contributed by atoms with Gasteiger partial charge >= 0.3 is 19.5 Å². The van der Waals surface area contributed by atoms with Gasteiger partial charge in [0.2, 0.25) is 0 Å². The van der Waals surface area contributed by atoms with Crippen LogP contribution in [0.25, 0.3) is 0 Å². The van der Waals surface area contributed by atoms with Crippen LogP contribution < -0.4 is 0 Å². The smallest absolute Gasteiger partial charge is 2.00 e. The van der Waals surface area contributed by atoms with Gasteiger partial charge in [-0.3, -0.25) is 0 Å². The molecule has 0 heterocycles. The second-order valence-electron chi connectivity index (χ2n) is 0. The predicted octanol–water partition coefficient (Wildman–Crippen LogP) is -1.89. The standard InChI is InChI=1S/2H2O.2O.Ru/h2*1H2;;;/q;;2*-2;+4. The summed E-state index contributed by atoms with van der Waals surface area (Å²) in [5.74, 6) is 0. The molecule has 0 radical (unpaired) electrons. The quantitative estimate of drug-likeness (QED) is 0.376. The van der Waals surface area contributed by atoms with E-state index in [-0.39, 0.29) is 41.4 Å². The Labute approximate surface area is 42.2 Å². The molecule has 0 aromatic heterocycles. The Kier molecular flexibility index (Phi) is 25300. The van der Waals surface area contributed by atoms with Crippen LogP contribution in [0.2, 0.25) is 0 Å². The van der Waals surface area contributed by atoms with Gasteiger partial charge in [0, 0.05) is 0 Å². The molecule has 0 saturated carbocycles. The van der Waals surface area contributed by atoms with Gasteiger partial charge in [-0.2, -0.15) is 0 Å². The summed E-state index contributed by atoms with van der Waals surface area (Å²) in [5, 5.41) is 0. The van der Waals surface area contributed by atoms with Crippen LogP contribution in [0, 0.1) is 0 Å². The van der Waals surface area contributed by atoms with E-state index in [9.17, 15) is 0 Å². The Balaban J connectivity index is 0. The van der Waals surface area contributed by atoms with E-state index in [4.69, 9.17) is 0 Å². The first-order chi connectivity index (χ1) is 0. The molecule has 0 aromatic carbocycles. The van der Waals surface area contributed by atoms with E-state index in [1.54, 1.807) is 0 Å². The van der Waals surface area contributed by atoms with Crippen molar-refractivity contribution < 1.29 is 41.4 Å². The van der Waals surface area contributed by atoms with Gasteiger partial charge in [-0.1, -0.05) is 0 Å². The third kappa shape index (κ3) is 126. The summed E-state index contributed by atoms with van der Waals surface area (Å²) in [4.78, 5) is 0. The van der Waals surface area contributed by atoms with Crippen molar-refractivity contribution >= 4 is 0 Å². The van der Waals surface area contributed by atoms with Gasteiger partial charge in [0.15, 0.2) is 0 Å². The fourth-order valence-electron chi connectivity index (χ4n) is 0. The van der Waals surface area contributed by atoms with E-state index in [2.05, 4.69) is 0 Å². The molecular formula is H4O4Ru. The molecule has 5 heteroatoms. The van der Waals surface area contributed by atoms with E-state index in [0.29, 0.717) is 0 Å². The predicted molar refractivity (Wildman–Crippen MR) is 8.60 cm³/mol. The van der Waals surface area contributed by atoms with Crippen molar-refractivity contribution in [3.8, 4) is 0 Å². The first kappa shape index (κ1) is 507. The van der Waals surface area contributed by atoms with Crippen LogP contribution in [-0.2, 0) is 30.4 Å². The van der Waals surface area contributed by atoms with E-state index >= 15 is 0 Å². The van der Waals surface area contributed by atoms with Gasteiger partial charge in [0.25, 0.3) is 0 Å². The molecule has 0 aliphatic rings. The second-order valence-corrected chi connectivity index (χ2v) is 0. The maximum absolute atomic E-state index is 0. The maximum atomic E-state index is 0. The minimum atomic E-state index is 0. The molecule has 5 heavy (non-hydrogen) atoms. The van der Waals surface area contributed by atoms with Crippen molar-refractivity contribution in [1.29, 1.82) is 0 Å². The molecular weight excluding hydrogens is 165 g/mol. The maximum Gasteiger partial charge on any atom is 4.00 e. The van der Waals surface area contributed by atoms with E-state index < -0.39 is 0 Å². The van der Waals surface area contributed by atoms with E-state index in [0.717, 1.165) is 0 Å². The molecule has 0 aliphatic heterocycles. The third-order valence-electron chi connectivity index (χ3n) is 0. The average molecular weight is 169 g/mol. The first-order valence-electron chi connectivity index (χ1n) is 0. The molecule has 0 bridgehead atoms. The summed E-state index contributed by atoms with van der Waals surface area (Å²) in [6.07, 6.45) is 0. The van der Waals surface area contributed by atoms with Crippen LogP contribution in [0.5, 0.6) is 0 Å². The van der Waals surface area contributed by atoms with Gasteiger partial charge in [-0.05, 0) is 0 Å². The van der Waals surface area contributed by atoms with Crippen molar-refractivity contribution in [2.75, 3.05) is 0 Å². The zero-order valence-electron chi connectivity index (χ0n) is 2.17. The second kappa shape index (κ2) is 249. The summed E-state index contributed by atoms with van der Waals surface area (Å²) >= 11 is 0. The van der Waals surface area contributed by atoms with Crippen molar-refractivity contribution in [2.24, 2.45) is 0 Å². The summed E-state index contributed by atoms with van der Waals surface area (Å²) < 4.78 is 0. The third-order valence-corrected chi connectivity index (χ3v) is 0. The van der Waals surface area contributed by atoms with Crippen LogP contribution in [-0.4, -0.2) is 11.0 Å². The van der Waals surface area contributed by atoms with Gasteiger partial charge in [0.1, 0.15) is 0 Å². The fourth-order valence-corrected chi connectivity index (χ4v) is 0. The SMILES string of the molecule is O.O.[O-2].[O-2].[Ru+4]. The van der Waals surface area contributed by atoms with Crippen LogP contribution in [0.3, 0.4) is 0 Å². The van der Waals surface area contributed by atoms with Crippen LogP contribution >= 0.6 is 0 Å². The van der Waals surface area contributed by atoms with Gasteiger partial charge in [0.05, 0.1) is 0 Å². The Morgan fingerprint density at radius 2 is 0.600 bits per heavy atom. The molecule has 0 aromatic rings. The molecule has 0 amide bonds. The molecule has 0 unspecified atom stereocenters. The zero-order valence-corrected chi connectivity index (χ0v) is 3.91. The van der Waals surface area contributed by atoms with Crippen LogP contribution in [0.15, 0.2) is 0 Å². The number of hydrogen-bond acceptors (Lipinski definition) is 0. The van der Waals surface area contributed by atoms with Crippen LogP contribution in [0.1, 0.15) is 0 Å². The van der Waals surface area contributed by atoms with Crippen molar-refractivity contribution in [3.63, 3.8) is 0 Å². The van der Waals surface area contributed by atoms with Gasteiger partial charge < -0.3 is 21.9 Å². The summed E-state index contributed by atoms with van der Waals surface area (Å²) in [6.45, 7) is 0. The molecule has 0 fully saturated rings. The van der Waals surface area contributed by atoms with Crippen molar-refractivity contribution in [2.45, 2.75) is 0 Å².